The Morgan fingerprint density at radius 2 is 1.84 bits per heavy atom. The lowest BCUT2D eigenvalue weighted by Crippen LogP contribution is -2.31. The number of rotatable bonds is 3. The van der Waals surface area contributed by atoms with E-state index in [1.54, 1.807) is 24.3 Å². The van der Waals surface area contributed by atoms with Gasteiger partial charge in [0.25, 0.3) is 0 Å². The van der Waals surface area contributed by atoms with Gasteiger partial charge >= 0.3 is 0 Å². The molecule has 1 aromatic carbocycles. The number of anilines is 1. The van der Waals surface area contributed by atoms with E-state index in [-0.39, 0.29) is 18.2 Å². The maximum Gasteiger partial charge on any atom is 0.247 e. The predicted octanol–water partition coefficient (Wildman–Crippen LogP) is 3.30. The Hall–Kier alpha value is -2.65. The van der Waals surface area contributed by atoms with Crippen molar-refractivity contribution in [1.82, 2.24) is 4.98 Å². The molecule has 0 N–H and O–H groups in total. The van der Waals surface area contributed by atoms with Gasteiger partial charge < -0.3 is 0 Å². The first-order valence-electron chi connectivity index (χ1n) is 7.90. The Labute approximate surface area is 150 Å². The number of nitrogens with zero attached hydrogens (tertiary/aromatic N) is 3. The Morgan fingerprint density at radius 1 is 1.16 bits per heavy atom. The second kappa shape index (κ2) is 6.69. The lowest BCUT2D eigenvalue weighted by molar-refractivity contribution is -0.121. The average molecular weight is 351 g/mol. The molecule has 6 heteroatoms. The molecule has 0 saturated carbocycles. The van der Waals surface area contributed by atoms with E-state index in [9.17, 15) is 14.9 Å². The van der Waals surface area contributed by atoms with Crippen molar-refractivity contribution in [2.24, 2.45) is 0 Å². The molecule has 1 fully saturated rings. The van der Waals surface area contributed by atoms with Crippen LogP contribution in [0.5, 0.6) is 0 Å². The summed E-state index contributed by atoms with van der Waals surface area (Å²) >= 11 is 1.20. The van der Waals surface area contributed by atoms with Crippen molar-refractivity contribution >= 4 is 29.3 Å². The fourth-order valence-corrected chi connectivity index (χ4v) is 4.02. The molecule has 1 aromatic heterocycles. The first-order valence-corrected chi connectivity index (χ1v) is 8.78. The summed E-state index contributed by atoms with van der Waals surface area (Å²) in [5.74, 6) is -0.490. The molecule has 2 heterocycles. The highest BCUT2D eigenvalue weighted by molar-refractivity contribution is 8.00. The van der Waals surface area contributed by atoms with Crippen LogP contribution < -0.4 is 4.90 Å². The minimum atomic E-state index is -0.561. The first-order chi connectivity index (χ1) is 11.9. The quantitative estimate of drug-likeness (QED) is 0.793. The molecule has 0 unspecified atom stereocenters. The molecule has 1 aliphatic heterocycles. The Kier molecular flexibility index (Phi) is 4.60. The van der Waals surface area contributed by atoms with Crippen LogP contribution in [0.2, 0.25) is 0 Å². The largest absolute Gasteiger partial charge is 0.274 e. The molecule has 5 nitrogen and oxygen atoms in total. The zero-order valence-corrected chi connectivity index (χ0v) is 15.1. The van der Waals surface area contributed by atoms with E-state index in [1.807, 2.05) is 26.8 Å². The summed E-state index contributed by atoms with van der Waals surface area (Å²) in [6.45, 7) is 5.68. The standard InChI is InChI=1S/C19H17N3O2S/c1-11-12(2)15(10-20)18(21-13(11)3)25-16-9-17(23)22(19(16)24)14-7-5-4-6-8-14/h4-8,16H,9H2,1-3H3/t16-/m1/s1. The third-order valence-corrected chi connectivity index (χ3v) is 5.62. The highest BCUT2D eigenvalue weighted by Crippen LogP contribution is 2.36. The second-order valence-corrected chi connectivity index (χ2v) is 7.14. The van der Waals surface area contributed by atoms with E-state index in [1.165, 1.54) is 16.7 Å². The molecular weight excluding hydrogens is 334 g/mol. The van der Waals surface area contributed by atoms with Crippen LogP contribution in [0.4, 0.5) is 5.69 Å². The monoisotopic (exact) mass is 351 g/mol. The third kappa shape index (κ3) is 3.03. The maximum absolute atomic E-state index is 12.7. The van der Waals surface area contributed by atoms with Crippen molar-refractivity contribution in [3.63, 3.8) is 0 Å². The topological polar surface area (TPSA) is 74.1 Å². The van der Waals surface area contributed by atoms with Crippen LogP contribution >= 0.6 is 11.8 Å². The third-order valence-electron chi connectivity index (χ3n) is 4.45. The first kappa shape index (κ1) is 17.2. The molecule has 1 aliphatic rings. The predicted molar refractivity (Wildman–Crippen MR) is 96.4 cm³/mol. The molecule has 2 amide bonds. The number of hydrogen-bond acceptors (Lipinski definition) is 5. The summed E-state index contributed by atoms with van der Waals surface area (Å²) in [4.78, 5) is 30.8. The van der Waals surface area contributed by atoms with Gasteiger partial charge in [0.2, 0.25) is 11.8 Å². The lowest BCUT2D eigenvalue weighted by Gasteiger charge is -2.15. The van der Waals surface area contributed by atoms with Crippen LogP contribution in [0.1, 0.15) is 28.8 Å². The van der Waals surface area contributed by atoms with Gasteiger partial charge in [0.15, 0.2) is 0 Å². The normalized spacial score (nSPS) is 17.0. The van der Waals surface area contributed by atoms with Crippen molar-refractivity contribution in [2.75, 3.05) is 4.90 Å². The van der Waals surface area contributed by atoms with Gasteiger partial charge in [0.05, 0.1) is 16.5 Å². The zero-order chi connectivity index (χ0) is 18.1. The van der Waals surface area contributed by atoms with Crippen molar-refractivity contribution in [1.29, 1.82) is 5.26 Å². The van der Waals surface area contributed by atoms with Crippen molar-refractivity contribution in [3.05, 3.63) is 52.7 Å². The van der Waals surface area contributed by atoms with E-state index in [2.05, 4.69) is 11.1 Å². The SMILES string of the molecule is Cc1nc(S[C@@H]2CC(=O)N(c3ccccc3)C2=O)c(C#N)c(C)c1C. The van der Waals surface area contributed by atoms with Crippen molar-refractivity contribution < 1.29 is 9.59 Å². The molecule has 1 atom stereocenters. The molecule has 25 heavy (non-hydrogen) atoms. The number of pyridine rings is 1. The van der Waals surface area contributed by atoms with Gasteiger partial charge in [0.1, 0.15) is 11.1 Å². The lowest BCUT2D eigenvalue weighted by atomic mass is 10.1. The number of aryl methyl sites for hydroxylation is 1. The number of hydrogen-bond donors (Lipinski definition) is 0. The van der Waals surface area contributed by atoms with Gasteiger partial charge in [0, 0.05) is 12.1 Å². The highest BCUT2D eigenvalue weighted by atomic mass is 32.2. The summed E-state index contributed by atoms with van der Waals surface area (Å²) in [7, 11) is 0. The average Bonchev–Trinajstić information content (AvgIpc) is 2.87. The molecular formula is C19H17N3O2S. The number of carbonyl (C=O) groups is 2. The smallest absolute Gasteiger partial charge is 0.247 e. The number of aromatic nitrogens is 1. The number of imide groups is 1. The van der Waals surface area contributed by atoms with E-state index in [0.717, 1.165) is 16.8 Å². The number of carbonyl (C=O) groups excluding carboxylic acids is 2. The molecule has 3 rings (SSSR count). The van der Waals surface area contributed by atoms with E-state index in [4.69, 9.17) is 0 Å². The second-order valence-electron chi connectivity index (χ2n) is 5.95. The molecule has 2 aromatic rings. The molecule has 1 saturated heterocycles. The summed E-state index contributed by atoms with van der Waals surface area (Å²) in [5.41, 5.74) is 3.72. The number of amides is 2. The van der Waals surface area contributed by atoms with E-state index in [0.29, 0.717) is 16.3 Å². The van der Waals surface area contributed by atoms with Crippen LogP contribution in [0.3, 0.4) is 0 Å². The van der Waals surface area contributed by atoms with Gasteiger partial charge in [-0.1, -0.05) is 30.0 Å². The Balaban J connectivity index is 1.92. The fourth-order valence-electron chi connectivity index (χ4n) is 2.81. The van der Waals surface area contributed by atoms with Gasteiger partial charge in [-0.2, -0.15) is 5.26 Å². The number of nitriles is 1. The van der Waals surface area contributed by atoms with Crippen LogP contribution in [0, 0.1) is 32.1 Å². The zero-order valence-electron chi connectivity index (χ0n) is 14.2. The van der Waals surface area contributed by atoms with Gasteiger partial charge in [-0.3, -0.25) is 9.59 Å². The van der Waals surface area contributed by atoms with Gasteiger partial charge in [-0.15, -0.1) is 0 Å². The molecule has 126 valence electrons. The summed E-state index contributed by atoms with van der Waals surface area (Å²) < 4.78 is 0. The molecule has 0 aliphatic carbocycles. The van der Waals surface area contributed by atoms with E-state index >= 15 is 0 Å². The minimum Gasteiger partial charge on any atom is -0.274 e. The van der Waals surface area contributed by atoms with Gasteiger partial charge in [-0.25, -0.2) is 9.88 Å². The summed E-state index contributed by atoms with van der Waals surface area (Å²) in [5, 5.41) is 9.43. The molecule has 0 spiro atoms. The van der Waals surface area contributed by atoms with Crippen LogP contribution in [-0.2, 0) is 9.59 Å². The van der Waals surface area contributed by atoms with Crippen molar-refractivity contribution in [3.8, 4) is 6.07 Å². The fraction of sp³-hybridized carbons (Fsp3) is 0.263. The van der Waals surface area contributed by atoms with Gasteiger partial charge in [-0.05, 0) is 44.0 Å². The maximum atomic E-state index is 12.7. The Bertz CT molecular complexity index is 903. The molecule has 0 radical (unpaired) electrons. The summed E-state index contributed by atoms with van der Waals surface area (Å²) in [6.07, 6.45) is 0.108. The number of benzene rings is 1. The highest BCUT2D eigenvalue weighted by Gasteiger charge is 2.40. The van der Waals surface area contributed by atoms with Crippen LogP contribution in [-0.4, -0.2) is 22.0 Å². The summed E-state index contributed by atoms with van der Waals surface area (Å²) in [6, 6.07) is 11.1. The number of para-hydroxylation sites is 1. The number of thioether (sulfide) groups is 1. The van der Waals surface area contributed by atoms with Crippen LogP contribution in [0.25, 0.3) is 0 Å². The minimum absolute atomic E-state index is 0.108. The Morgan fingerprint density at radius 3 is 2.48 bits per heavy atom. The van der Waals surface area contributed by atoms with Crippen molar-refractivity contribution in [2.45, 2.75) is 37.5 Å². The molecule has 0 bridgehead atoms. The van der Waals surface area contributed by atoms with Crippen LogP contribution in [0.15, 0.2) is 35.4 Å². The van der Waals surface area contributed by atoms with E-state index < -0.39 is 5.25 Å².